The van der Waals surface area contributed by atoms with Crippen LogP contribution in [0.25, 0.3) is 0 Å². The summed E-state index contributed by atoms with van der Waals surface area (Å²) in [6.45, 7) is 3.75. The maximum absolute atomic E-state index is 11.8. The Morgan fingerprint density at radius 1 is 1.11 bits per heavy atom. The van der Waals surface area contributed by atoms with E-state index in [1.165, 1.54) is 45.3 Å². The van der Waals surface area contributed by atoms with Crippen LogP contribution in [0.2, 0.25) is 0 Å². The summed E-state index contributed by atoms with van der Waals surface area (Å²) in [5, 5.41) is 0. The number of unbranched alkanes of at least 4 members (excludes halogenated alkanes) is 2. The summed E-state index contributed by atoms with van der Waals surface area (Å²) in [6.07, 6.45) is 9.79. The zero-order valence-electron chi connectivity index (χ0n) is 11.7. The normalized spacial score (nSPS) is 16.4. The Balaban J connectivity index is 1.55. The minimum Gasteiger partial charge on any atom is -0.303 e. The van der Waals surface area contributed by atoms with Crippen molar-refractivity contribution in [1.29, 1.82) is 0 Å². The first kappa shape index (κ1) is 14.2. The van der Waals surface area contributed by atoms with Crippen LogP contribution in [-0.2, 0) is 0 Å². The number of ketones is 1. The number of hydrogen-bond donors (Lipinski definition) is 0. The molecule has 3 heteroatoms. The molecule has 1 fully saturated rings. The highest BCUT2D eigenvalue weighted by molar-refractivity contribution is 5.94. The third kappa shape index (κ3) is 5.11. The molecule has 0 N–H and O–H groups in total. The highest BCUT2D eigenvalue weighted by Gasteiger charge is 2.09. The van der Waals surface area contributed by atoms with Crippen LogP contribution in [0, 0.1) is 0 Å². The Bertz CT molecular complexity index is 372. The minimum atomic E-state index is 0.179. The van der Waals surface area contributed by atoms with Gasteiger partial charge in [-0.15, -0.1) is 0 Å². The number of carbonyl (C=O) groups excluding carboxylic acids is 1. The van der Waals surface area contributed by atoms with Gasteiger partial charge in [0.1, 0.15) is 5.69 Å². The zero-order valence-corrected chi connectivity index (χ0v) is 11.7. The van der Waals surface area contributed by atoms with Crippen LogP contribution in [0.3, 0.4) is 0 Å². The van der Waals surface area contributed by atoms with Crippen LogP contribution >= 0.6 is 0 Å². The number of nitrogens with zero attached hydrogens (tertiary/aromatic N) is 2. The highest BCUT2D eigenvalue weighted by Crippen LogP contribution is 2.11. The molecule has 0 atom stereocenters. The van der Waals surface area contributed by atoms with E-state index in [0.29, 0.717) is 12.1 Å². The summed E-state index contributed by atoms with van der Waals surface area (Å²) in [6, 6.07) is 5.52. The molecule has 1 aliphatic heterocycles. The molecule has 19 heavy (non-hydrogen) atoms. The number of aromatic nitrogens is 1. The fourth-order valence-corrected chi connectivity index (χ4v) is 2.64. The van der Waals surface area contributed by atoms with E-state index in [0.717, 1.165) is 12.8 Å². The smallest absolute Gasteiger partial charge is 0.181 e. The number of likely N-dealkylation sites (tertiary alicyclic amines) is 1. The molecule has 1 aliphatic rings. The first-order chi connectivity index (χ1) is 9.36. The highest BCUT2D eigenvalue weighted by atomic mass is 16.1. The topological polar surface area (TPSA) is 33.2 Å². The average Bonchev–Trinajstić information content (AvgIpc) is 2.49. The van der Waals surface area contributed by atoms with Crippen LogP contribution in [0.15, 0.2) is 24.4 Å². The van der Waals surface area contributed by atoms with Gasteiger partial charge in [-0.05, 0) is 57.5 Å². The van der Waals surface area contributed by atoms with Crippen LogP contribution in [0.1, 0.15) is 55.4 Å². The lowest BCUT2D eigenvalue weighted by molar-refractivity contribution is 0.0974. The lowest BCUT2D eigenvalue weighted by atomic mass is 10.1. The fourth-order valence-electron chi connectivity index (χ4n) is 2.64. The van der Waals surface area contributed by atoms with Gasteiger partial charge < -0.3 is 4.90 Å². The van der Waals surface area contributed by atoms with E-state index < -0.39 is 0 Å². The number of rotatable bonds is 7. The Kier molecular flexibility index (Phi) is 6.02. The molecule has 0 radical (unpaired) electrons. The summed E-state index contributed by atoms with van der Waals surface area (Å²) >= 11 is 0. The average molecular weight is 260 g/mol. The molecule has 0 saturated carbocycles. The van der Waals surface area contributed by atoms with Gasteiger partial charge in [0, 0.05) is 12.6 Å². The molecule has 0 aromatic carbocycles. The monoisotopic (exact) mass is 260 g/mol. The first-order valence-electron chi connectivity index (χ1n) is 7.53. The number of piperidine rings is 1. The molecule has 3 nitrogen and oxygen atoms in total. The molecule has 0 bridgehead atoms. The van der Waals surface area contributed by atoms with Gasteiger partial charge in [0.2, 0.25) is 0 Å². The van der Waals surface area contributed by atoms with E-state index >= 15 is 0 Å². The molecule has 2 rings (SSSR count). The van der Waals surface area contributed by atoms with Gasteiger partial charge in [0.25, 0.3) is 0 Å². The van der Waals surface area contributed by atoms with Gasteiger partial charge in [-0.3, -0.25) is 9.78 Å². The summed E-state index contributed by atoms with van der Waals surface area (Å²) < 4.78 is 0. The van der Waals surface area contributed by atoms with Crippen molar-refractivity contribution in [2.45, 2.75) is 44.9 Å². The zero-order chi connectivity index (χ0) is 13.3. The molecule has 1 saturated heterocycles. The van der Waals surface area contributed by atoms with Gasteiger partial charge in [-0.1, -0.05) is 18.9 Å². The van der Waals surface area contributed by atoms with Crippen molar-refractivity contribution in [1.82, 2.24) is 9.88 Å². The van der Waals surface area contributed by atoms with Crippen molar-refractivity contribution in [2.24, 2.45) is 0 Å². The van der Waals surface area contributed by atoms with E-state index in [4.69, 9.17) is 0 Å². The SMILES string of the molecule is O=C(CCCCCN1CCCCC1)c1ccccn1. The molecule has 0 aliphatic carbocycles. The van der Waals surface area contributed by atoms with E-state index in [1.54, 1.807) is 12.3 Å². The third-order valence-corrected chi connectivity index (χ3v) is 3.78. The number of hydrogen-bond acceptors (Lipinski definition) is 3. The van der Waals surface area contributed by atoms with Crippen molar-refractivity contribution in [3.8, 4) is 0 Å². The maximum atomic E-state index is 11.8. The van der Waals surface area contributed by atoms with E-state index in [9.17, 15) is 4.79 Å². The summed E-state index contributed by atoms with van der Waals surface area (Å²) in [4.78, 5) is 18.5. The quantitative estimate of drug-likeness (QED) is 0.557. The van der Waals surface area contributed by atoms with Crippen molar-refractivity contribution in [3.63, 3.8) is 0 Å². The molecule has 2 heterocycles. The second-order valence-electron chi connectivity index (χ2n) is 5.35. The molecular weight excluding hydrogens is 236 g/mol. The predicted octanol–water partition coefficient (Wildman–Crippen LogP) is 3.31. The van der Waals surface area contributed by atoms with Crippen molar-refractivity contribution >= 4 is 5.78 Å². The fraction of sp³-hybridized carbons (Fsp3) is 0.625. The lowest BCUT2D eigenvalue weighted by Gasteiger charge is -2.26. The van der Waals surface area contributed by atoms with Gasteiger partial charge in [0.15, 0.2) is 5.78 Å². The molecule has 104 valence electrons. The molecule has 0 spiro atoms. The number of pyridine rings is 1. The minimum absolute atomic E-state index is 0.179. The molecule has 0 amide bonds. The van der Waals surface area contributed by atoms with Crippen molar-refractivity contribution in [3.05, 3.63) is 30.1 Å². The Labute approximate surface area is 116 Å². The second-order valence-corrected chi connectivity index (χ2v) is 5.35. The Hall–Kier alpha value is -1.22. The molecule has 0 unspecified atom stereocenters. The van der Waals surface area contributed by atoms with Crippen LogP contribution in [-0.4, -0.2) is 35.3 Å². The lowest BCUT2D eigenvalue weighted by Crippen LogP contribution is -2.30. The van der Waals surface area contributed by atoms with Crippen LogP contribution in [0.4, 0.5) is 0 Å². The summed E-state index contributed by atoms with van der Waals surface area (Å²) in [7, 11) is 0. The van der Waals surface area contributed by atoms with Gasteiger partial charge in [-0.25, -0.2) is 0 Å². The van der Waals surface area contributed by atoms with E-state index in [2.05, 4.69) is 9.88 Å². The Morgan fingerprint density at radius 3 is 2.68 bits per heavy atom. The van der Waals surface area contributed by atoms with E-state index in [-0.39, 0.29) is 5.78 Å². The van der Waals surface area contributed by atoms with Crippen LogP contribution in [0.5, 0.6) is 0 Å². The van der Waals surface area contributed by atoms with Crippen molar-refractivity contribution < 1.29 is 4.79 Å². The Morgan fingerprint density at radius 2 is 1.95 bits per heavy atom. The van der Waals surface area contributed by atoms with Crippen molar-refractivity contribution in [2.75, 3.05) is 19.6 Å². The van der Waals surface area contributed by atoms with Crippen LogP contribution < -0.4 is 0 Å². The van der Waals surface area contributed by atoms with Gasteiger partial charge >= 0.3 is 0 Å². The maximum Gasteiger partial charge on any atom is 0.181 e. The largest absolute Gasteiger partial charge is 0.303 e. The summed E-state index contributed by atoms with van der Waals surface area (Å²) in [5.41, 5.74) is 0.610. The number of Topliss-reactive ketones (excluding diaryl/α,β-unsaturated/α-hetero) is 1. The third-order valence-electron chi connectivity index (χ3n) is 3.78. The summed E-state index contributed by atoms with van der Waals surface area (Å²) in [5.74, 6) is 0.179. The standard InChI is InChI=1S/C16H24N2O/c19-16(15-9-4-5-11-17-15)10-3-1-6-12-18-13-7-2-8-14-18/h4-5,9,11H,1-3,6-8,10,12-14H2. The first-order valence-corrected chi connectivity index (χ1v) is 7.53. The number of carbonyl (C=O) groups is 1. The second kappa shape index (κ2) is 8.05. The van der Waals surface area contributed by atoms with Gasteiger partial charge in [-0.2, -0.15) is 0 Å². The predicted molar refractivity (Wildman–Crippen MR) is 77.3 cm³/mol. The molecular formula is C16H24N2O. The van der Waals surface area contributed by atoms with E-state index in [1.807, 2.05) is 12.1 Å². The van der Waals surface area contributed by atoms with Gasteiger partial charge in [0.05, 0.1) is 0 Å². The molecule has 1 aromatic rings. The molecule has 1 aromatic heterocycles.